The summed E-state index contributed by atoms with van der Waals surface area (Å²) in [5.74, 6) is 0.183. The predicted octanol–water partition coefficient (Wildman–Crippen LogP) is 3.17. The number of para-hydroxylation sites is 2. The number of H-pyrrole nitrogens is 1. The largest absolute Gasteiger partial charge is 0.494 e. The summed E-state index contributed by atoms with van der Waals surface area (Å²) in [6.45, 7) is 2.50. The van der Waals surface area contributed by atoms with E-state index in [-0.39, 0.29) is 23.2 Å². The third-order valence-electron chi connectivity index (χ3n) is 5.64. The molecular formula is C24H23N5O4S. The molecule has 5 rings (SSSR count). The number of benzene rings is 2. The second-order valence-corrected chi connectivity index (χ2v) is 8.92. The quantitative estimate of drug-likeness (QED) is 0.295. The SMILES string of the molecule is CCOc1ccc(-n2c(SCC(=O)c3c(N)n(C4CC4)c(=O)[nH]c3=O)nc3ccccc32)cc1. The van der Waals surface area contributed by atoms with Crippen LogP contribution in [0, 0.1) is 0 Å². The van der Waals surface area contributed by atoms with Gasteiger partial charge in [0.05, 0.1) is 23.4 Å². The summed E-state index contributed by atoms with van der Waals surface area (Å²) in [6, 6.07) is 15.3. The van der Waals surface area contributed by atoms with Crippen molar-refractivity contribution < 1.29 is 9.53 Å². The predicted molar refractivity (Wildman–Crippen MR) is 131 cm³/mol. The van der Waals surface area contributed by atoms with Gasteiger partial charge in [-0.25, -0.2) is 9.78 Å². The lowest BCUT2D eigenvalue weighted by atomic mass is 10.2. The van der Waals surface area contributed by atoms with Gasteiger partial charge in [0.2, 0.25) is 0 Å². The molecule has 0 spiro atoms. The molecule has 1 fully saturated rings. The number of rotatable bonds is 8. The normalized spacial score (nSPS) is 13.3. The summed E-state index contributed by atoms with van der Waals surface area (Å²) in [7, 11) is 0. The number of aromatic amines is 1. The molecule has 9 nitrogen and oxygen atoms in total. The number of nitrogens with zero attached hydrogens (tertiary/aromatic N) is 3. The van der Waals surface area contributed by atoms with E-state index in [4.69, 9.17) is 15.5 Å². The first-order valence-electron chi connectivity index (χ1n) is 11.0. The van der Waals surface area contributed by atoms with Gasteiger partial charge in [-0.1, -0.05) is 23.9 Å². The van der Waals surface area contributed by atoms with Crippen molar-refractivity contribution in [1.82, 2.24) is 19.1 Å². The van der Waals surface area contributed by atoms with Gasteiger partial charge in [0.15, 0.2) is 10.9 Å². The maximum Gasteiger partial charge on any atom is 0.330 e. The van der Waals surface area contributed by atoms with Crippen LogP contribution < -0.4 is 21.7 Å². The molecule has 1 saturated carbocycles. The molecule has 1 aliphatic carbocycles. The molecule has 10 heteroatoms. The summed E-state index contributed by atoms with van der Waals surface area (Å²) in [6.07, 6.45) is 1.59. The summed E-state index contributed by atoms with van der Waals surface area (Å²) in [5, 5.41) is 0.601. The Labute approximate surface area is 198 Å². The number of hydrogen-bond acceptors (Lipinski definition) is 7. The van der Waals surface area contributed by atoms with E-state index in [1.165, 1.54) is 16.3 Å². The number of thioether (sulfide) groups is 1. The van der Waals surface area contributed by atoms with Crippen LogP contribution in [-0.2, 0) is 0 Å². The van der Waals surface area contributed by atoms with E-state index in [1.807, 2.05) is 60.0 Å². The highest BCUT2D eigenvalue weighted by molar-refractivity contribution is 7.99. The molecule has 3 N–H and O–H groups in total. The van der Waals surface area contributed by atoms with Crippen LogP contribution in [0.1, 0.15) is 36.2 Å². The number of carbonyl (C=O) groups is 1. The number of ether oxygens (including phenoxy) is 1. The zero-order chi connectivity index (χ0) is 23.8. The van der Waals surface area contributed by atoms with Crippen LogP contribution in [0.5, 0.6) is 5.75 Å². The van der Waals surface area contributed by atoms with Crippen LogP contribution >= 0.6 is 11.8 Å². The zero-order valence-electron chi connectivity index (χ0n) is 18.5. The molecule has 4 aromatic rings. The number of aromatic nitrogens is 4. The fraction of sp³-hybridized carbons (Fsp3) is 0.250. The smallest absolute Gasteiger partial charge is 0.330 e. The Kier molecular flexibility index (Phi) is 5.74. The summed E-state index contributed by atoms with van der Waals surface area (Å²) in [5.41, 5.74) is 7.12. The van der Waals surface area contributed by atoms with E-state index in [0.29, 0.717) is 11.8 Å². The highest BCUT2D eigenvalue weighted by atomic mass is 32.2. The van der Waals surface area contributed by atoms with Crippen molar-refractivity contribution in [1.29, 1.82) is 0 Å². The fourth-order valence-corrected chi connectivity index (χ4v) is 4.84. The number of hydrogen-bond donors (Lipinski definition) is 2. The molecule has 0 saturated heterocycles. The lowest BCUT2D eigenvalue weighted by Crippen LogP contribution is -2.36. The van der Waals surface area contributed by atoms with Crippen LogP contribution in [0.3, 0.4) is 0 Å². The molecule has 0 radical (unpaired) electrons. The van der Waals surface area contributed by atoms with E-state index >= 15 is 0 Å². The third kappa shape index (κ3) is 4.01. The van der Waals surface area contributed by atoms with Gasteiger partial charge in [-0.05, 0) is 56.2 Å². The Bertz CT molecular complexity index is 1500. The van der Waals surface area contributed by atoms with E-state index in [2.05, 4.69) is 4.98 Å². The number of fused-ring (bicyclic) bond motifs is 1. The first kappa shape index (κ1) is 22.0. The van der Waals surface area contributed by atoms with Crippen LogP contribution in [0.25, 0.3) is 16.7 Å². The first-order valence-corrected chi connectivity index (χ1v) is 12.0. The van der Waals surface area contributed by atoms with Gasteiger partial charge < -0.3 is 10.5 Å². The Morgan fingerprint density at radius 2 is 1.91 bits per heavy atom. The summed E-state index contributed by atoms with van der Waals surface area (Å²) < 4.78 is 8.82. The van der Waals surface area contributed by atoms with E-state index in [1.54, 1.807) is 0 Å². The number of nitrogens with two attached hydrogens (primary N) is 1. The Morgan fingerprint density at radius 1 is 1.18 bits per heavy atom. The molecule has 0 bridgehead atoms. The third-order valence-corrected chi connectivity index (χ3v) is 6.58. The second-order valence-electron chi connectivity index (χ2n) is 7.98. The topological polar surface area (TPSA) is 125 Å². The summed E-state index contributed by atoms with van der Waals surface area (Å²) >= 11 is 1.21. The van der Waals surface area contributed by atoms with Gasteiger partial charge in [-0.2, -0.15) is 0 Å². The first-order chi connectivity index (χ1) is 16.5. The lowest BCUT2D eigenvalue weighted by molar-refractivity contribution is 0.102. The highest BCUT2D eigenvalue weighted by Crippen LogP contribution is 2.35. The number of nitrogens with one attached hydrogen (secondary N) is 1. The molecule has 0 aliphatic heterocycles. The molecule has 2 heterocycles. The van der Waals surface area contributed by atoms with E-state index in [0.717, 1.165) is 35.3 Å². The second kappa shape index (κ2) is 8.86. The average Bonchev–Trinajstić information content (AvgIpc) is 3.57. The van der Waals surface area contributed by atoms with Crippen molar-refractivity contribution in [3.8, 4) is 11.4 Å². The molecule has 2 aromatic heterocycles. The standard InChI is InChI=1S/C24H23N5O4S/c1-2-33-16-11-9-14(10-12-16)28-18-6-4-3-5-17(18)26-24(28)34-13-19(30)20-21(25)29(15-7-8-15)23(32)27-22(20)31/h3-6,9-12,15H,2,7-8,13,25H2,1H3,(H,27,31,32). The Morgan fingerprint density at radius 3 is 2.62 bits per heavy atom. The molecule has 174 valence electrons. The maximum absolute atomic E-state index is 13.1. The zero-order valence-corrected chi connectivity index (χ0v) is 19.3. The highest BCUT2D eigenvalue weighted by Gasteiger charge is 2.30. The van der Waals surface area contributed by atoms with Crippen LogP contribution in [0.2, 0.25) is 0 Å². The monoisotopic (exact) mass is 477 g/mol. The molecule has 34 heavy (non-hydrogen) atoms. The molecule has 0 unspecified atom stereocenters. The minimum absolute atomic E-state index is 0.0590. The minimum Gasteiger partial charge on any atom is -0.494 e. The van der Waals surface area contributed by atoms with Crippen molar-refractivity contribution in [3.05, 3.63) is 74.9 Å². The van der Waals surface area contributed by atoms with Gasteiger partial charge in [0, 0.05) is 11.7 Å². The number of carbonyl (C=O) groups excluding carboxylic acids is 1. The van der Waals surface area contributed by atoms with Crippen molar-refractivity contribution in [2.24, 2.45) is 0 Å². The van der Waals surface area contributed by atoms with Gasteiger partial charge >= 0.3 is 5.69 Å². The van der Waals surface area contributed by atoms with Gasteiger partial charge in [0.25, 0.3) is 5.56 Å². The van der Waals surface area contributed by atoms with Gasteiger partial charge in [-0.3, -0.25) is 23.7 Å². The van der Waals surface area contributed by atoms with Crippen molar-refractivity contribution in [3.63, 3.8) is 0 Å². The van der Waals surface area contributed by atoms with E-state index in [9.17, 15) is 14.4 Å². The van der Waals surface area contributed by atoms with Crippen LogP contribution in [-0.4, -0.2) is 37.2 Å². The van der Waals surface area contributed by atoms with Gasteiger partial charge in [-0.15, -0.1) is 0 Å². The number of ketones is 1. The fourth-order valence-electron chi connectivity index (χ4n) is 3.94. The van der Waals surface area contributed by atoms with Crippen molar-refractivity contribution in [2.45, 2.75) is 31.0 Å². The molecular weight excluding hydrogens is 454 g/mol. The Balaban J connectivity index is 1.48. The molecule has 0 atom stereocenters. The van der Waals surface area contributed by atoms with Crippen molar-refractivity contribution in [2.75, 3.05) is 18.1 Å². The van der Waals surface area contributed by atoms with Crippen LogP contribution in [0.4, 0.5) is 5.82 Å². The Hall–Kier alpha value is -3.79. The minimum atomic E-state index is -0.759. The molecule has 1 aliphatic rings. The number of anilines is 1. The number of Topliss-reactive ketones (excluding diaryl/α,β-unsaturated/α-hetero) is 1. The van der Waals surface area contributed by atoms with Gasteiger partial charge in [0.1, 0.15) is 17.1 Å². The van der Waals surface area contributed by atoms with Crippen molar-refractivity contribution >= 4 is 34.4 Å². The lowest BCUT2D eigenvalue weighted by Gasteiger charge is -2.12. The average molecular weight is 478 g/mol. The van der Waals surface area contributed by atoms with Crippen LogP contribution in [0.15, 0.2) is 63.3 Å². The summed E-state index contributed by atoms with van der Waals surface area (Å²) in [4.78, 5) is 44.5. The molecule has 0 amide bonds. The number of nitrogen functional groups attached to an aromatic ring is 1. The molecule has 2 aromatic carbocycles. The maximum atomic E-state index is 13.1. The number of imidazole rings is 1. The van der Waals surface area contributed by atoms with E-state index < -0.39 is 17.0 Å².